The van der Waals surface area contributed by atoms with Crippen molar-refractivity contribution >= 4 is 28.2 Å². The van der Waals surface area contributed by atoms with Crippen LogP contribution in [0.3, 0.4) is 0 Å². The molecule has 28 heavy (non-hydrogen) atoms. The smallest absolute Gasteiger partial charge is 0.341 e. The predicted molar refractivity (Wildman–Crippen MR) is 113 cm³/mol. The molecule has 1 saturated carbocycles. The molecule has 0 spiro atoms. The molecule has 1 aromatic heterocycles. The van der Waals surface area contributed by atoms with Crippen molar-refractivity contribution in [1.29, 1.82) is 0 Å². The first-order valence-electron chi connectivity index (χ1n) is 10.1. The van der Waals surface area contributed by atoms with Crippen LogP contribution < -0.4 is 10.2 Å². The van der Waals surface area contributed by atoms with Crippen molar-refractivity contribution in [1.82, 2.24) is 0 Å². The minimum atomic E-state index is -0.399. The number of nitrogens with one attached hydrogen (secondary N) is 2. The van der Waals surface area contributed by atoms with Gasteiger partial charge in [0.1, 0.15) is 5.00 Å². The maximum atomic E-state index is 12.7. The second-order valence-electron chi connectivity index (χ2n) is 7.35. The summed E-state index contributed by atoms with van der Waals surface area (Å²) in [5, 5.41) is 3.54. The summed E-state index contributed by atoms with van der Waals surface area (Å²) < 4.78 is 5.19. The van der Waals surface area contributed by atoms with E-state index < -0.39 is 5.97 Å². The van der Waals surface area contributed by atoms with Crippen LogP contribution in [0, 0.1) is 0 Å². The Bertz CT molecular complexity index is 797. The Hall–Kier alpha value is -2.18. The Labute approximate surface area is 170 Å². The Kier molecular flexibility index (Phi) is 7.23. The normalized spacial score (nSPS) is 15.8. The van der Waals surface area contributed by atoms with Crippen LogP contribution in [0.5, 0.6) is 0 Å². The molecule has 1 amide bonds. The van der Waals surface area contributed by atoms with E-state index in [2.05, 4.69) is 12.4 Å². The van der Waals surface area contributed by atoms with Gasteiger partial charge >= 0.3 is 5.97 Å². The van der Waals surface area contributed by atoms with Crippen LogP contribution in [-0.2, 0) is 9.53 Å². The van der Waals surface area contributed by atoms with E-state index in [1.165, 1.54) is 48.3 Å². The second kappa shape index (κ2) is 9.85. The van der Waals surface area contributed by atoms with Crippen molar-refractivity contribution in [3.63, 3.8) is 0 Å². The fraction of sp³-hybridized carbons (Fsp3) is 0.455. The van der Waals surface area contributed by atoms with Crippen LogP contribution in [0.1, 0.15) is 49.4 Å². The number of carbonyl (C=O) groups excluding carboxylic acids is 2. The van der Waals surface area contributed by atoms with Crippen molar-refractivity contribution < 1.29 is 19.2 Å². The van der Waals surface area contributed by atoms with Gasteiger partial charge in [-0.2, -0.15) is 0 Å². The van der Waals surface area contributed by atoms with Crippen LogP contribution in [-0.4, -0.2) is 38.1 Å². The molecule has 6 heteroatoms. The summed E-state index contributed by atoms with van der Waals surface area (Å²) in [4.78, 5) is 27.2. The van der Waals surface area contributed by atoms with Crippen molar-refractivity contribution in [2.45, 2.75) is 45.1 Å². The average Bonchev–Trinajstić information content (AvgIpc) is 3.13. The Morgan fingerprint density at radius 2 is 1.89 bits per heavy atom. The lowest BCUT2D eigenvalue weighted by Crippen LogP contribution is -3.14. The third kappa shape index (κ3) is 5.20. The number of amides is 1. The SMILES string of the molecule is CCOC(=O)c1cc(-c2ccccc2)sc1NC(=O)C[NH+](C)C1CCCCC1. The highest BCUT2D eigenvalue weighted by molar-refractivity contribution is 7.20. The van der Waals surface area contributed by atoms with Crippen molar-refractivity contribution in [3.8, 4) is 10.4 Å². The highest BCUT2D eigenvalue weighted by Crippen LogP contribution is 2.35. The van der Waals surface area contributed by atoms with Gasteiger partial charge in [0.15, 0.2) is 6.54 Å². The predicted octanol–water partition coefficient (Wildman–Crippen LogP) is 3.38. The maximum Gasteiger partial charge on any atom is 0.341 e. The number of rotatable bonds is 7. The fourth-order valence-corrected chi connectivity index (χ4v) is 4.82. The lowest BCUT2D eigenvalue weighted by Gasteiger charge is -2.27. The summed E-state index contributed by atoms with van der Waals surface area (Å²) in [6.45, 7) is 2.49. The Balaban J connectivity index is 1.74. The molecule has 2 aromatic rings. The van der Waals surface area contributed by atoms with Gasteiger partial charge in [-0.3, -0.25) is 4.79 Å². The standard InChI is InChI=1S/C22H28N2O3S/c1-3-27-22(26)18-14-19(16-10-6-4-7-11-16)28-21(18)23-20(25)15-24(2)17-12-8-5-9-13-17/h4,6-7,10-11,14,17H,3,5,8-9,12-13,15H2,1-2H3,(H,23,25)/p+1. The molecule has 1 aromatic carbocycles. The molecule has 0 aliphatic heterocycles. The monoisotopic (exact) mass is 401 g/mol. The lowest BCUT2D eigenvalue weighted by molar-refractivity contribution is -0.899. The molecular formula is C22H29N2O3S+. The van der Waals surface area contributed by atoms with Gasteiger partial charge in [-0.25, -0.2) is 4.79 Å². The number of thiophene rings is 1. The summed E-state index contributed by atoms with van der Waals surface area (Å²) in [6, 6.07) is 12.2. The average molecular weight is 402 g/mol. The number of benzene rings is 1. The molecule has 1 unspecified atom stereocenters. The van der Waals surface area contributed by atoms with Gasteiger partial charge in [0, 0.05) is 4.88 Å². The van der Waals surface area contributed by atoms with Crippen molar-refractivity contribution in [2.75, 3.05) is 25.5 Å². The molecule has 0 saturated heterocycles. The fourth-order valence-electron chi connectivity index (χ4n) is 3.75. The molecule has 0 radical (unpaired) electrons. The Morgan fingerprint density at radius 1 is 1.18 bits per heavy atom. The highest BCUT2D eigenvalue weighted by atomic mass is 32.1. The van der Waals surface area contributed by atoms with Gasteiger partial charge in [0.25, 0.3) is 5.91 Å². The summed E-state index contributed by atoms with van der Waals surface area (Å²) >= 11 is 1.42. The molecule has 2 N–H and O–H groups in total. The number of esters is 1. The van der Waals surface area contributed by atoms with Crippen LogP contribution in [0.25, 0.3) is 10.4 Å². The van der Waals surface area contributed by atoms with Crippen molar-refractivity contribution in [3.05, 3.63) is 42.0 Å². The minimum absolute atomic E-state index is 0.0601. The zero-order valence-electron chi connectivity index (χ0n) is 16.6. The molecular weight excluding hydrogens is 372 g/mol. The number of anilines is 1. The third-order valence-electron chi connectivity index (χ3n) is 5.28. The first-order chi connectivity index (χ1) is 13.6. The summed E-state index contributed by atoms with van der Waals surface area (Å²) in [6.07, 6.45) is 6.18. The molecule has 5 nitrogen and oxygen atoms in total. The van der Waals surface area contributed by atoms with Gasteiger partial charge in [-0.05, 0) is 44.2 Å². The van der Waals surface area contributed by atoms with E-state index in [1.807, 2.05) is 36.4 Å². The molecule has 1 atom stereocenters. The molecule has 150 valence electrons. The number of likely N-dealkylation sites (N-methyl/N-ethyl adjacent to an activating group) is 1. The van der Waals surface area contributed by atoms with Crippen molar-refractivity contribution in [2.24, 2.45) is 0 Å². The third-order valence-corrected chi connectivity index (χ3v) is 6.38. The molecule has 1 fully saturated rings. The van der Waals surface area contributed by atoms with E-state index in [4.69, 9.17) is 4.74 Å². The van der Waals surface area contributed by atoms with Crippen LogP contribution in [0.4, 0.5) is 5.00 Å². The number of hydrogen-bond donors (Lipinski definition) is 2. The molecule has 0 bridgehead atoms. The first kappa shape index (κ1) is 20.6. The summed E-state index contributed by atoms with van der Waals surface area (Å²) in [7, 11) is 2.09. The zero-order chi connectivity index (χ0) is 19.9. The molecule has 1 aliphatic carbocycles. The zero-order valence-corrected chi connectivity index (χ0v) is 17.4. The van der Waals surface area contributed by atoms with E-state index in [1.54, 1.807) is 6.92 Å². The first-order valence-corrected chi connectivity index (χ1v) is 10.9. The largest absolute Gasteiger partial charge is 0.462 e. The topological polar surface area (TPSA) is 59.8 Å². The molecule has 3 rings (SSSR count). The quantitative estimate of drug-likeness (QED) is 0.700. The van der Waals surface area contributed by atoms with Gasteiger partial charge < -0.3 is 15.0 Å². The second-order valence-corrected chi connectivity index (χ2v) is 8.40. The number of hydrogen-bond acceptors (Lipinski definition) is 4. The summed E-state index contributed by atoms with van der Waals surface area (Å²) in [5.74, 6) is -0.459. The van der Waals surface area contributed by atoms with Gasteiger partial charge in [-0.1, -0.05) is 36.8 Å². The minimum Gasteiger partial charge on any atom is -0.462 e. The Morgan fingerprint density at radius 3 is 2.57 bits per heavy atom. The van der Waals surface area contributed by atoms with Gasteiger partial charge in [-0.15, -0.1) is 11.3 Å². The van der Waals surface area contributed by atoms with Crippen LogP contribution in [0.2, 0.25) is 0 Å². The van der Waals surface area contributed by atoms with Gasteiger partial charge in [0.05, 0.1) is 25.3 Å². The summed E-state index contributed by atoms with van der Waals surface area (Å²) in [5.41, 5.74) is 1.44. The maximum absolute atomic E-state index is 12.7. The molecule has 1 aliphatic rings. The number of carbonyl (C=O) groups is 2. The highest BCUT2D eigenvalue weighted by Gasteiger charge is 2.25. The van der Waals surface area contributed by atoms with Crippen LogP contribution in [0.15, 0.2) is 36.4 Å². The van der Waals surface area contributed by atoms with E-state index in [0.717, 1.165) is 10.4 Å². The lowest BCUT2D eigenvalue weighted by atomic mass is 9.94. The molecule has 1 heterocycles. The van der Waals surface area contributed by atoms with Gasteiger partial charge in [0.2, 0.25) is 0 Å². The van der Waals surface area contributed by atoms with E-state index in [0.29, 0.717) is 29.8 Å². The van der Waals surface area contributed by atoms with E-state index >= 15 is 0 Å². The van der Waals surface area contributed by atoms with E-state index in [9.17, 15) is 9.59 Å². The number of quaternary nitrogens is 1. The van der Waals surface area contributed by atoms with E-state index in [-0.39, 0.29) is 5.91 Å². The number of ether oxygens (including phenoxy) is 1. The van der Waals surface area contributed by atoms with Crippen LogP contribution >= 0.6 is 11.3 Å².